The minimum absolute atomic E-state index is 0.204. The number of rotatable bonds is 3. The number of methoxy groups -OCH3 is 1. The van der Waals surface area contributed by atoms with Crippen molar-refractivity contribution < 1.29 is 14.6 Å². The van der Waals surface area contributed by atoms with E-state index in [1.54, 1.807) is 43.5 Å². The molecular formula is C14H12O3. The predicted octanol–water partition coefficient (Wildman–Crippen LogP) is 2.88. The number of aldehydes is 1. The maximum Gasteiger partial charge on any atom is 0.150 e. The average molecular weight is 228 g/mol. The second kappa shape index (κ2) is 4.70. The van der Waals surface area contributed by atoms with Crippen LogP contribution in [0.4, 0.5) is 0 Å². The number of hydrogen-bond donors (Lipinski definition) is 1. The lowest BCUT2D eigenvalue weighted by molar-refractivity contribution is 0.112. The molecule has 86 valence electrons. The summed E-state index contributed by atoms with van der Waals surface area (Å²) in [5, 5.41) is 9.22. The summed E-state index contributed by atoms with van der Waals surface area (Å²) in [6.07, 6.45) is 0.796. The highest BCUT2D eigenvalue weighted by Crippen LogP contribution is 2.27. The Morgan fingerprint density at radius 2 is 1.82 bits per heavy atom. The molecule has 0 unspecified atom stereocenters. The molecule has 3 heteroatoms. The van der Waals surface area contributed by atoms with Gasteiger partial charge in [0.1, 0.15) is 11.5 Å². The molecule has 3 nitrogen and oxygen atoms in total. The van der Waals surface area contributed by atoms with Crippen molar-refractivity contribution in [2.75, 3.05) is 7.11 Å². The molecule has 0 aliphatic carbocycles. The van der Waals surface area contributed by atoms with Gasteiger partial charge in [-0.2, -0.15) is 0 Å². The molecule has 0 amide bonds. The molecule has 0 aromatic heterocycles. The van der Waals surface area contributed by atoms with Crippen LogP contribution in [0.15, 0.2) is 42.5 Å². The largest absolute Gasteiger partial charge is 0.508 e. The predicted molar refractivity (Wildman–Crippen MR) is 65.5 cm³/mol. The third-order valence-electron chi connectivity index (χ3n) is 2.56. The molecule has 0 heterocycles. The van der Waals surface area contributed by atoms with Crippen molar-refractivity contribution in [2.24, 2.45) is 0 Å². The van der Waals surface area contributed by atoms with Crippen LogP contribution in [0.5, 0.6) is 11.5 Å². The van der Waals surface area contributed by atoms with E-state index in [1.165, 1.54) is 0 Å². The Morgan fingerprint density at radius 3 is 2.41 bits per heavy atom. The van der Waals surface area contributed by atoms with Crippen LogP contribution in [-0.2, 0) is 0 Å². The van der Waals surface area contributed by atoms with Gasteiger partial charge in [0.15, 0.2) is 6.29 Å². The number of phenols is 1. The molecule has 0 radical (unpaired) electrons. The van der Waals surface area contributed by atoms with Crippen molar-refractivity contribution in [1.29, 1.82) is 0 Å². The first kappa shape index (κ1) is 11.2. The molecule has 17 heavy (non-hydrogen) atoms. The van der Waals surface area contributed by atoms with E-state index in [4.69, 9.17) is 4.74 Å². The van der Waals surface area contributed by atoms with E-state index in [0.29, 0.717) is 11.3 Å². The molecule has 0 saturated carbocycles. The fourth-order valence-corrected chi connectivity index (χ4v) is 1.67. The van der Waals surface area contributed by atoms with Gasteiger partial charge < -0.3 is 9.84 Å². The minimum Gasteiger partial charge on any atom is -0.508 e. The average Bonchev–Trinajstić information content (AvgIpc) is 2.39. The lowest BCUT2D eigenvalue weighted by atomic mass is 10.00. The summed E-state index contributed by atoms with van der Waals surface area (Å²) in [5.41, 5.74) is 2.27. The second-order valence-electron chi connectivity index (χ2n) is 3.62. The zero-order valence-corrected chi connectivity index (χ0v) is 9.38. The number of ether oxygens (including phenoxy) is 1. The summed E-state index contributed by atoms with van der Waals surface area (Å²) in [6.45, 7) is 0. The van der Waals surface area contributed by atoms with Gasteiger partial charge in [-0.25, -0.2) is 0 Å². The number of carbonyl (C=O) groups excluding carboxylic acids is 1. The summed E-state index contributed by atoms with van der Waals surface area (Å²) in [6, 6.07) is 12.0. The van der Waals surface area contributed by atoms with Crippen molar-refractivity contribution >= 4 is 6.29 Å². The molecule has 0 atom stereocenters. The molecule has 0 saturated heterocycles. The van der Waals surface area contributed by atoms with Crippen molar-refractivity contribution in [2.45, 2.75) is 0 Å². The van der Waals surface area contributed by atoms with E-state index in [2.05, 4.69) is 0 Å². The SMILES string of the molecule is COc1ccc(-c2ccc(O)cc2)c(C=O)c1. The number of carbonyl (C=O) groups is 1. The van der Waals surface area contributed by atoms with E-state index >= 15 is 0 Å². The summed E-state index contributed by atoms with van der Waals surface area (Å²) in [5.74, 6) is 0.851. The fourth-order valence-electron chi connectivity index (χ4n) is 1.67. The minimum atomic E-state index is 0.204. The van der Waals surface area contributed by atoms with Gasteiger partial charge in [0, 0.05) is 5.56 Å². The van der Waals surface area contributed by atoms with Gasteiger partial charge in [-0.05, 0) is 41.5 Å². The first-order valence-corrected chi connectivity index (χ1v) is 5.17. The first-order chi connectivity index (χ1) is 8.24. The third-order valence-corrected chi connectivity index (χ3v) is 2.56. The molecule has 2 aromatic rings. The Bertz CT molecular complexity index is 530. The lowest BCUT2D eigenvalue weighted by Crippen LogP contribution is -1.90. The van der Waals surface area contributed by atoms with Gasteiger partial charge in [0.05, 0.1) is 7.11 Å². The van der Waals surface area contributed by atoms with Crippen molar-refractivity contribution in [3.8, 4) is 22.6 Å². The molecule has 0 aliphatic rings. The highest BCUT2D eigenvalue weighted by atomic mass is 16.5. The quantitative estimate of drug-likeness (QED) is 0.821. The highest BCUT2D eigenvalue weighted by Gasteiger charge is 2.06. The molecule has 2 aromatic carbocycles. The Morgan fingerprint density at radius 1 is 1.12 bits per heavy atom. The zero-order valence-electron chi connectivity index (χ0n) is 9.38. The van der Waals surface area contributed by atoms with E-state index in [1.807, 2.05) is 6.07 Å². The van der Waals surface area contributed by atoms with Crippen LogP contribution in [0.25, 0.3) is 11.1 Å². The first-order valence-electron chi connectivity index (χ1n) is 5.17. The zero-order chi connectivity index (χ0) is 12.3. The molecule has 0 aliphatic heterocycles. The molecule has 1 N–H and O–H groups in total. The monoisotopic (exact) mass is 228 g/mol. The van der Waals surface area contributed by atoms with Crippen LogP contribution in [0.2, 0.25) is 0 Å². The summed E-state index contributed by atoms with van der Waals surface area (Å²) >= 11 is 0. The maximum atomic E-state index is 11.0. The van der Waals surface area contributed by atoms with Crippen LogP contribution >= 0.6 is 0 Å². The van der Waals surface area contributed by atoms with E-state index in [0.717, 1.165) is 17.4 Å². The van der Waals surface area contributed by atoms with Crippen LogP contribution in [-0.4, -0.2) is 18.5 Å². The van der Waals surface area contributed by atoms with E-state index in [-0.39, 0.29) is 5.75 Å². The number of phenolic OH excluding ortho intramolecular Hbond substituents is 1. The Hall–Kier alpha value is -2.29. The standard InChI is InChI=1S/C14H12O3/c1-17-13-6-7-14(11(8-13)9-15)10-2-4-12(16)5-3-10/h2-9,16H,1H3. The Labute approximate surface area is 99.3 Å². The topological polar surface area (TPSA) is 46.5 Å². The van der Waals surface area contributed by atoms with Gasteiger partial charge in [0.25, 0.3) is 0 Å². The van der Waals surface area contributed by atoms with Crippen LogP contribution < -0.4 is 4.74 Å². The smallest absolute Gasteiger partial charge is 0.150 e. The van der Waals surface area contributed by atoms with Crippen LogP contribution in [0.1, 0.15) is 10.4 Å². The lowest BCUT2D eigenvalue weighted by Gasteiger charge is -2.07. The van der Waals surface area contributed by atoms with Gasteiger partial charge in [-0.15, -0.1) is 0 Å². The van der Waals surface area contributed by atoms with Crippen molar-refractivity contribution in [1.82, 2.24) is 0 Å². The summed E-state index contributed by atoms with van der Waals surface area (Å²) in [4.78, 5) is 11.0. The molecular weight excluding hydrogens is 216 g/mol. The van der Waals surface area contributed by atoms with Gasteiger partial charge in [-0.3, -0.25) is 4.79 Å². The fraction of sp³-hybridized carbons (Fsp3) is 0.0714. The van der Waals surface area contributed by atoms with Crippen molar-refractivity contribution in [3.05, 3.63) is 48.0 Å². The highest BCUT2D eigenvalue weighted by molar-refractivity contribution is 5.88. The van der Waals surface area contributed by atoms with Gasteiger partial charge in [-0.1, -0.05) is 12.1 Å². The number of hydrogen-bond acceptors (Lipinski definition) is 3. The van der Waals surface area contributed by atoms with Gasteiger partial charge in [0.2, 0.25) is 0 Å². The van der Waals surface area contributed by atoms with E-state index in [9.17, 15) is 9.90 Å². The summed E-state index contributed by atoms with van der Waals surface area (Å²) in [7, 11) is 1.56. The number of benzene rings is 2. The third kappa shape index (κ3) is 2.28. The van der Waals surface area contributed by atoms with Crippen molar-refractivity contribution in [3.63, 3.8) is 0 Å². The molecule has 2 rings (SSSR count). The molecule has 0 fully saturated rings. The van der Waals surface area contributed by atoms with Crippen LogP contribution in [0.3, 0.4) is 0 Å². The van der Waals surface area contributed by atoms with Gasteiger partial charge >= 0.3 is 0 Å². The Balaban J connectivity index is 2.51. The molecule has 0 bridgehead atoms. The summed E-state index contributed by atoms with van der Waals surface area (Å²) < 4.78 is 5.07. The molecule has 0 spiro atoms. The second-order valence-corrected chi connectivity index (χ2v) is 3.62. The Kier molecular flexibility index (Phi) is 3.10. The maximum absolute atomic E-state index is 11.0. The van der Waals surface area contributed by atoms with Crippen LogP contribution in [0, 0.1) is 0 Å². The normalized spacial score (nSPS) is 9.94. The van der Waals surface area contributed by atoms with E-state index < -0.39 is 0 Å². The number of aromatic hydroxyl groups is 1.